The van der Waals surface area contributed by atoms with Crippen molar-refractivity contribution in [3.05, 3.63) is 0 Å². The summed E-state index contributed by atoms with van der Waals surface area (Å²) in [5, 5.41) is 37.8. The molecule has 1 aliphatic heterocycles. The number of aliphatic hydroxyl groups excluding tert-OH is 2. The highest BCUT2D eigenvalue weighted by atomic mass is 16.6. The Morgan fingerprint density at radius 3 is 1.79 bits per heavy atom. The molecule has 0 saturated carbocycles. The zero-order chi connectivity index (χ0) is 39.8. The van der Waals surface area contributed by atoms with E-state index < -0.39 is 97.4 Å². The zero-order valence-electron chi connectivity index (χ0n) is 32.1. The van der Waals surface area contributed by atoms with E-state index in [1.54, 1.807) is 0 Å². The summed E-state index contributed by atoms with van der Waals surface area (Å²) in [5.41, 5.74) is 5.25. The molecule has 0 bridgehead atoms. The van der Waals surface area contributed by atoms with Crippen molar-refractivity contribution < 1.29 is 58.3 Å². The second-order valence-electron chi connectivity index (χ2n) is 14.0. The molecule has 16 heteroatoms. The molecule has 0 aliphatic carbocycles. The molecule has 8 N–H and O–H groups in total. The molecule has 0 radical (unpaired) electrons. The van der Waals surface area contributed by atoms with Crippen LogP contribution in [0.15, 0.2) is 0 Å². The topological polar surface area (TPSA) is 253 Å². The van der Waals surface area contributed by atoms with Crippen LogP contribution in [0.2, 0.25) is 0 Å². The summed E-state index contributed by atoms with van der Waals surface area (Å²) in [6.07, 6.45) is 10.3. The third-order valence-electron chi connectivity index (χ3n) is 9.25. The van der Waals surface area contributed by atoms with Gasteiger partial charge in [0.05, 0.1) is 0 Å². The lowest BCUT2D eigenvalue weighted by molar-refractivity contribution is -0.267. The number of unbranched alkanes of at least 4 members (excludes halogenated alkanes) is 14. The summed E-state index contributed by atoms with van der Waals surface area (Å²) in [4.78, 5) is 72.3. The number of esters is 1. The Morgan fingerprint density at radius 2 is 1.30 bits per heavy atom. The third kappa shape index (κ3) is 20.6. The summed E-state index contributed by atoms with van der Waals surface area (Å²) in [6.45, 7) is 5.62. The number of carboxylic acid groups (broad SMARTS) is 1. The van der Waals surface area contributed by atoms with Crippen LogP contribution in [-0.4, -0.2) is 106 Å². The summed E-state index contributed by atoms with van der Waals surface area (Å²) < 4.78 is 16.6. The summed E-state index contributed by atoms with van der Waals surface area (Å²) >= 11 is 0. The van der Waals surface area contributed by atoms with Gasteiger partial charge in [-0.1, -0.05) is 96.8 Å². The van der Waals surface area contributed by atoms with Gasteiger partial charge in [-0.3, -0.25) is 28.8 Å². The van der Waals surface area contributed by atoms with Crippen LogP contribution in [0, 0.1) is 0 Å². The van der Waals surface area contributed by atoms with Crippen LogP contribution in [0.25, 0.3) is 0 Å². The third-order valence-corrected chi connectivity index (χ3v) is 9.25. The predicted octanol–water partition coefficient (Wildman–Crippen LogP) is 2.49. The molecule has 1 heterocycles. The number of amides is 4. The van der Waals surface area contributed by atoms with Crippen molar-refractivity contribution in [2.24, 2.45) is 5.73 Å². The molecule has 306 valence electrons. The van der Waals surface area contributed by atoms with Gasteiger partial charge in [-0.2, -0.15) is 0 Å². The number of carbonyl (C=O) groups is 6. The Morgan fingerprint density at radius 1 is 0.774 bits per heavy atom. The summed E-state index contributed by atoms with van der Waals surface area (Å²) in [7, 11) is 0. The number of primary amides is 1. The number of aliphatic carboxylic acids is 1. The van der Waals surface area contributed by atoms with E-state index in [1.165, 1.54) is 91.4 Å². The molecule has 16 nitrogen and oxygen atoms in total. The van der Waals surface area contributed by atoms with Gasteiger partial charge in [0, 0.05) is 19.8 Å². The van der Waals surface area contributed by atoms with E-state index in [4.69, 9.17) is 25.1 Å². The van der Waals surface area contributed by atoms with Crippen molar-refractivity contribution in [1.29, 1.82) is 0 Å². The van der Waals surface area contributed by atoms with Crippen molar-refractivity contribution in [1.82, 2.24) is 16.0 Å². The summed E-state index contributed by atoms with van der Waals surface area (Å²) in [6, 6.07) is -3.80. The molecular weight excluding hydrogens is 692 g/mol. The standard InChI is InChI=1S/C37H66N4O12/c1-5-6-7-8-9-10-11-12-13-14-15-16-17-18-19-20-30(45)51-23-28-32(46)33(31(37(50)53-28)40-26(4)42)52-25(3)36(49)39-24(2)35(48)41-27(34(38)47)21-22-29(43)44/h24-25,27-28,31-33,37,46,50H,5-23H2,1-4H3,(H2,38,47)(H,39,49)(H,40,42)(H,41,48)(H,43,44)/t24-,25+,27+,28+,31+,32-,33?,37?/m0/s1. The van der Waals surface area contributed by atoms with Crippen LogP contribution in [0.5, 0.6) is 0 Å². The van der Waals surface area contributed by atoms with Gasteiger partial charge in [0.15, 0.2) is 6.29 Å². The SMILES string of the molecule is CCCCCCCCCCCCCCCCCC(=O)OC[C@H]1OC(O)[C@H](NC(C)=O)C(O[C@H](C)C(=O)N[C@@H](C)C(=O)N[C@H](CCC(=O)O)C(N)=O)[C@H]1O. The van der Waals surface area contributed by atoms with Crippen LogP contribution in [-0.2, 0) is 43.0 Å². The molecule has 1 saturated heterocycles. The first kappa shape index (κ1) is 47.7. The molecule has 1 rings (SSSR count). The quantitative estimate of drug-likeness (QED) is 0.0429. The Bertz CT molecular complexity index is 1130. The van der Waals surface area contributed by atoms with E-state index in [9.17, 15) is 39.0 Å². The van der Waals surface area contributed by atoms with Crippen molar-refractivity contribution in [3.63, 3.8) is 0 Å². The molecule has 8 atom stereocenters. The number of nitrogens with two attached hydrogens (primary N) is 1. The number of hydrogen-bond donors (Lipinski definition) is 7. The predicted molar refractivity (Wildman–Crippen MR) is 195 cm³/mol. The first-order valence-electron chi connectivity index (χ1n) is 19.4. The molecule has 1 fully saturated rings. The summed E-state index contributed by atoms with van der Waals surface area (Å²) in [5.74, 6) is -4.85. The van der Waals surface area contributed by atoms with E-state index in [0.717, 1.165) is 19.3 Å². The van der Waals surface area contributed by atoms with Gasteiger partial charge in [-0.15, -0.1) is 0 Å². The number of carbonyl (C=O) groups excluding carboxylic acids is 5. The minimum Gasteiger partial charge on any atom is -0.481 e. The lowest BCUT2D eigenvalue weighted by Gasteiger charge is -2.43. The molecule has 0 spiro atoms. The average molecular weight is 759 g/mol. The van der Waals surface area contributed by atoms with E-state index in [0.29, 0.717) is 6.42 Å². The molecular formula is C37H66N4O12. The van der Waals surface area contributed by atoms with Gasteiger partial charge in [-0.05, 0) is 26.7 Å². The highest BCUT2D eigenvalue weighted by Crippen LogP contribution is 2.25. The van der Waals surface area contributed by atoms with Gasteiger partial charge in [0.2, 0.25) is 23.6 Å². The fourth-order valence-corrected chi connectivity index (χ4v) is 6.05. The van der Waals surface area contributed by atoms with Crippen molar-refractivity contribution >= 4 is 35.6 Å². The maximum absolute atomic E-state index is 12.9. The van der Waals surface area contributed by atoms with Crippen LogP contribution in [0.4, 0.5) is 0 Å². The van der Waals surface area contributed by atoms with Crippen molar-refractivity contribution in [2.75, 3.05) is 6.61 Å². The Hall–Kier alpha value is -3.34. The largest absolute Gasteiger partial charge is 0.481 e. The molecule has 0 aromatic rings. The molecule has 1 aliphatic rings. The minimum absolute atomic E-state index is 0.181. The first-order chi connectivity index (χ1) is 25.2. The van der Waals surface area contributed by atoms with Gasteiger partial charge in [-0.25, -0.2) is 0 Å². The van der Waals surface area contributed by atoms with Gasteiger partial charge >= 0.3 is 11.9 Å². The van der Waals surface area contributed by atoms with Gasteiger partial charge in [0.25, 0.3) is 0 Å². The highest BCUT2D eigenvalue weighted by Gasteiger charge is 2.47. The van der Waals surface area contributed by atoms with E-state index in [2.05, 4.69) is 22.9 Å². The van der Waals surface area contributed by atoms with Crippen LogP contribution in [0.3, 0.4) is 0 Å². The monoisotopic (exact) mass is 758 g/mol. The number of nitrogens with one attached hydrogen (secondary N) is 3. The fraction of sp³-hybridized carbons (Fsp3) is 0.838. The number of hydrogen-bond acceptors (Lipinski definition) is 11. The maximum Gasteiger partial charge on any atom is 0.305 e. The van der Waals surface area contributed by atoms with E-state index in [-0.39, 0.29) is 12.8 Å². The van der Waals surface area contributed by atoms with Crippen molar-refractivity contribution in [2.45, 2.75) is 192 Å². The molecule has 2 unspecified atom stereocenters. The molecule has 53 heavy (non-hydrogen) atoms. The average Bonchev–Trinajstić information content (AvgIpc) is 3.09. The number of ether oxygens (including phenoxy) is 3. The minimum atomic E-state index is -1.69. The normalized spacial score (nSPS) is 21.5. The maximum atomic E-state index is 12.9. The van der Waals surface area contributed by atoms with Gasteiger partial charge in [0.1, 0.15) is 49.1 Å². The van der Waals surface area contributed by atoms with Crippen LogP contribution < -0.4 is 21.7 Å². The Labute approximate surface area is 314 Å². The van der Waals surface area contributed by atoms with E-state index in [1.807, 2.05) is 0 Å². The van der Waals surface area contributed by atoms with Crippen LogP contribution >= 0.6 is 0 Å². The lowest BCUT2D eigenvalue weighted by Crippen LogP contribution is -2.66. The molecule has 4 amide bonds. The fourth-order valence-electron chi connectivity index (χ4n) is 6.05. The number of carboxylic acids is 1. The Kier molecular flexibility index (Phi) is 24.5. The molecule has 0 aromatic heterocycles. The second kappa shape index (κ2) is 27.3. The number of rotatable bonds is 29. The highest BCUT2D eigenvalue weighted by molar-refractivity contribution is 5.92. The van der Waals surface area contributed by atoms with E-state index >= 15 is 0 Å². The van der Waals surface area contributed by atoms with Gasteiger partial charge < -0.3 is 51.2 Å². The molecule has 0 aromatic carbocycles. The lowest BCUT2D eigenvalue weighted by atomic mass is 9.96. The Balaban J connectivity index is 2.53. The second-order valence-corrected chi connectivity index (χ2v) is 14.0. The number of aliphatic hydroxyl groups is 2. The van der Waals surface area contributed by atoms with Crippen LogP contribution in [0.1, 0.15) is 143 Å². The zero-order valence-corrected chi connectivity index (χ0v) is 32.1. The van der Waals surface area contributed by atoms with Crippen molar-refractivity contribution in [3.8, 4) is 0 Å². The smallest absolute Gasteiger partial charge is 0.305 e. The first-order valence-corrected chi connectivity index (χ1v) is 19.4.